The molecule has 94 valence electrons. The van der Waals surface area contributed by atoms with Gasteiger partial charge in [-0.1, -0.05) is 0 Å². The summed E-state index contributed by atoms with van der Waals surface area (Å²) in [4.78, 5) is 7.71. The third-order valence-electron chi connectivity index (χ3n) is 2.23. The maximum absolute atomic E-state index is 11.6. The Labute approximate surface area is 110 Å². The summed E-state index contributed by atoms with van der Waals surface area (Å²) in [5, 5.41) is 17.9. The standard InChI is InChI=1S/C11H7N5O2S/c1-19(17)10-7(5-13)9(15-11(14)16-10)8-3-2-6(4-12)18-8/h2-3H,1H3,(H2,14,15,16). The van der Waals surface area contributed by atoms with Crippen LogP contribution in [0.1, 0.15) is 11.3 Å². The number of furan rings is 1. The summed E-state index contributed by atoms with van der Waals surface area (Å²) in [5.74, 6) is 0.165. The summed E-state index contributed by atoms with van der Waals surface area (Å²) in [6, 6.07) is 6.64. The first kappa shape index (κ1) is 12.7. The largest absolute Gasteiger partial charge is 0.444 e. The van der Waals surface area contributed by atoms with E-state index in [1.165, 1.54) is 18.4 Å². The zero-order valence-corrected chi connectivity index (χ0v) is 10.6. The molecule has 2 aromatic rings. The van der Waals surface area contributed by atoms with Crippen LogP contribution in [0.5, 0.6) is 0 Å². The molecule has 0 aliphatic carbocycles. The van der Waals surface area contributed by atoms with Crippen molar-refractivity contribution in [3.63, 3.8) is 0 Å². The van der Waals surface area contributed by atoms with E-state index >= 15 is 0 Å². The lowest BCUT2D eigenvalue weighted by Gasteiger charge is -2.05. The number of hydrogen-bond donors (Lipinski definition) is 1. The van der Waals surface area contributed by atoms with E-state index in [-0.39, 0.29) is 33.8 Å². The van der Waals surface area contributed by atoms with E-state index in [1.54, 1.807) is 0 Å². The zero-order valence-electron chi connectivity index (χ0n) is 9.75. The molecule has 7 nitrogen and oxygen atoms in total. The van der Waals surface area contributed by atoms with Gasteiger partial charge in [-0.25, -0.2) is 9.97 Å². The Bertz CT molecular complexity index is 753. The molecule has 0 bridgehead atoms. The molecule has 2 heterocycles. The maximum atomic E-state index is 11.6. The third-order valence-corrected chi connectivity index (χ3v) is 3.07. The Balaban J connectivity index is 2.73. The van der Waals surface area contributed by atoms with Gasteiger partial charge in [0.2, 0.25) is 11.7 Å². The third kappa shape index (κ3) is 2.30. The first-order valence-electron chi connectivity index (χ1n) is 4.98. The first-order chi connectivity index (χ1) is 9.06. The fraction of sp³-hybridized carbons (Fsp3) is 0.0909. The van der Waals surface area contributed by atoms with Crippen molar-refractivity contribution in [1.29, 1.82) is 10.5 Å². The molecule has 0 aliphatic rings. The van der Waals surface area contributed by atoms with Gasteiger partial charge in [0.25, 0.3) is 0 Å². The van der Waals surface area contributed by atoms with Crippen LogP contribution in [0.2, 0.25) is 0 Å². The highest BCUT2D eigenvalue weighted by Crippen LogP contribution is 2.26. The Hall–Kier alpha value is -2.71. The second-order valence-corrected chi connectivity index (χ2v) is 4.75. The molecule has 0 saturated carbocycles. The number of nitrogens with zero attached hydrogens (tertiary/aromatic N) is 4. The molecule has 2 N–H and O–H groups in total. The van der Waals surface area contributed by atoms with Crippen LogP contribution in [-0.4, -0.2) is 20.4 Å². The van der Waals surface area contributed by atoms with E-state index < -0.39 is 10.8 Å². The minimum Gasteiger partial charge on any atom is -0.444 e. The van der Waals surface area contributed by atoms with Crippen molar-refractivity contribution in [2.45, 2.75) is 5.03 Å². The van der Waals surface area contributed by atoms with Crippen LogP contribution in [0, 0.1) is 22.7 Å². The van der Waals surface area contributed by atoms with Gasteiger partial charge in [-0.3, -0.25) is 4.21 Å². The van der Waals surface area contributed by atoms with Crippen molar-refractivity contribution >= 4 is 16.7 Å². The molecule has 0 aliphatic heterocycles. The Morgan fingerprint density at radius 3 is 2.58 bits per heavy atom. The van der Waals surface area contributed by atoms with E-state index in [0.717, 1.165) is 0 Å². The van der Waals surface area contributed by atoms with E-state index in [9.17, 15) is 4.21 Å². The van der Waals surface area contributed by atoms with E-state index in [1.807, 2.05) is 12.1 Å². The summed E-state index contributed by atoms with van der Waals surface area (Å²) < 4.78 is 16.7. The highest BCUT2D eigenvalue weighted by molar-refractivity contribution is 7.84. The van der Waals surface area contributed by atoms with Gasteiger partial charge in [0, 0.05) is 6.26 Å². The van der Waals surface area contributed by atoms with Gasteiger partial charge < -0.3 is 10.2 Å². The van der Waals surface area contributed by atoms with Crippen molar-refractivity contribution < 1.29 is 8.63 Å². The molecule has 19 heavy (non-hydrogen) atoms. The first-order valence-corrected chi connectivity index (χ1v) is 6.54. The van der Waals surface area contributed by atoms with Crippen molar-refractivity contribution in [1.82, 2.24) is 9.97 Å². The lowest BCUT2D eigenvalue weighted by molar-refractivity contribution is 0.564. The monoisotopic (exact) mass is 273 g/mol. The van der Waals surface area contributed by atoms with Crippen LogP contribution >= 0.6 is 0 Å². The van der Waals surface area contributed by atoms with Gasteiger partial charge in [-0.2, -0.15) is 10.5 Å². The molecular formula is C11H7N5O2S. The van der Waals surface area contributed by atoms with Gasteiger partial charge in [-0.15, -0.1) is 0 Å². The van der Waals surface area contributed by atoms with Gasteiger partial charge >= 0.3 is 0 Å². The molecule has 0 saturated heterocycles. The van der Waals surface area contributed by atoms with Gasteiger partial charge in [-0.05, 0) is 12.1 Å². The fourth-order valence-corrected chi connectivity index (χ4v) is 2.12. The molecule has 1 atom stereocenters. The van der Waals surface area contributed by atoms with Crippen LogP contribution < -0.4 is 5.73 Å². The van der Waals surface area contributed by atoms with Gasteiger partial charge in [0.05, 0.1) is 10.8 Å². The van der Waals surface area contributed by atoms with Gasteiger partial charge in [0.15, 0.2) is 10.8 Å². The summed E-state index contributed by atoms with van der Waals surface area (Å²) in [6.07, 6.45) is 1.38. The molecule has 0 amide bonds. The van der Waals surface area contributed by atoms with Gasteiger partial charge in [0.1, 0.15) is 23.4 Å². The number of nitriles is 2. The number of rotatable bonds is 2. The second-order valence-electron chi connectivity index (χ2n) is 3.45. The lowest BCUT2D eigenvalue weighted by atomic mass is 10.2. The molecule has 0 aromatic carbocycles. The summed E-state index contributed by atoms with van der Waals surface area (Å²) >= 11 is 0. The Kier molecular flexibility index (Phi) is 3.27. The van der Waals surface area contributed by atoms with E-state index in [2.05, 4.69) is 9.97 Å². The highest BCUT2D eigenvalue weighted by atomic mass is 32.2. The molecule has 1 unspecified atom stereocenters. The van der Waals surface area contributed by atoms with Crippen molar-refractivity contribution in [3.05, 3.63) is 23.5 Å². The summed E-state index contributed by atoms with van der Waals surface area (Å²) in [7, 11) is -1.49. The predicted octanol–water partition coefficient (Wildman–Crippen LogP) is 0.800. The number of aromatic nitrogens is 2. The summed E-state index contributed by atoms with van der Waals surface area (Å²) in [6.45, 7) is 0. The minimum absolute atomic E-state index is 0.0221. The number of anilines is 1. The average Bonchev–Trinajstić information content (AvgIpc) is 2.86. The SMILES string of the molecule is CS(=O)c1nc(N)nc(-c2ccc(C#N)o2)c1C#N. The maximum Gasteiger partial charge on any atom is 0.221 e. The fourth-order valence-electron chi connectivity index (χ4n) is 1.47. The quantitative estimate of drug-likeness (QED) is 0.800. The number of nitrogen functional groups attached to an aromatic ring is 1. The molecule has 2 aromatic heterocycles. The van der Waals surface area contributed by atoms with E-state index in [4.69, 9.17) is 20.7 Å². The summed E-state index contributed by atoms with van der Waals surface area (Å²) in [5.41, 5.74) is 5.67. The van der Waals surface area contributed by atoms with Crippen molar-refractivity contribution in [2.24, 2.45) is 0 Å². The van der Waals surface area contributed by atoms with Crippen LogP contribution in [0.15, 0.2) is 21.6 Å². The van der Waals surface area contributed by atoms with Crippen LogP contribution in [0.25, 0.3) is 11.5 Å². The zero-order chi connectivity index (χ0) is 14.0. The highest BCUT2D eigenvalue weighted by Gasteiger charge is 2.19. The normalized spacial score (nSPS) is 11.5. The van der Waals surface area contributed by atoms with Crippen LogP contribution in [0.4, 0.5) is 5.95 Å². The molecular weight excluding hydrogens is 266 g/mol. The number of nitrogens with two attached hydrogens (primary N) is 1. The Morgan fingerprint density at radius 1 is 1.32 bits per heavy atom. The predicted molar refractivity (Wildman–Crippen MR) is 65.9 cm³/mol. The second kappa shape index (κ2) is 4.88. The van der Waals surface area contributed by atoms with Crippen molar-refractivity contribution in [3.8, 4) is 23.6 Å². The number of hydrogen-bond acceptors (Lipinski definition) is 7. The van der Waals surface area contributed by atoms with Crippen molar-refractivity contribution in [2.75, 3.05) is 12.0 Å². The Morgan fingerprint density at radius 2 is 2.05 bits per heavy atom. The average molecular weight is 273 g/mol. The molecule has 8 heteroatoms. The lowest BCUT2D eigenvalue weighted by Crippen LogP contribution is -2.06. The molecule has 0 spiro atoms. The molecule has 0 radical (unpaired) electrons. The topological polar surface area (TPSA) is 130 Å². The van der Waals surface area contributed by atoms with Crippen LogP contribution in [-0.2, 0) is 10.8 Å². The minimum atomic E-state index is -1.49. The molecule has 2 rings (SSSR count). The smallest absolute Gasteiger partial charge is 0.221 e. The van der Waals surface area contributed by atoms with E-state index in [0.29, 0.717) is 0 Å². The molecule has 0 fully saturated rings. The van der Waals surface area contributed by atoms with Crippen LogP contribution in [0.3, 0.4) is 0 Å².